The predicted molar refractivity (Wildman–Crippen MR) is 143 cm³/mol. The Morgan fingerprint density at radius 3 is 2.45 bits per heavy atom. The SMILES string of the molecule is CCOc1cc(/C=C2/C(=O)NC(=O)N(c3ccccc3)C2=O)ccc1OCC(=O)Nc1cc(C)ccc1C. The number of amides is 5. The van der Waals surface area contributed by atoms with Gasteiger partial charge in [-0.3, -0.25) is 19.7 Å². The Hall–Kier alpha value is -4.92. The Morgan fingerprint density at radius 2 is 1.71 bits per heavy atom. The number of aryl methyl sites for hydroxylation is 2. The molecule has 3 aromatic carbocycles. The molecule has 0 aromatic heterocycles. The molecule has 194 valence electrons. The average Bonchev–Trinajstić information content (AvgIpc) is 2.89. The van der Waals surface area contributed by atoms with E-state index in [1.807, 2.05) is 32.0 Å². The number of carbonyl (C=O) groups excluding carboxylic acids is 4. The highest BCUT2D eigenvalue weighted by Gasteiger charge is 2.36. The maximum absolute atomic E-state index is 13.1. The van der Waals surface area contributed by atoms with Crippen molar-refractivity contribution in [2.45, 2.75) is 20.8 Å². The van der Waals surface area contributed by atoms with Gasteiger partial charge >= 0.3 is 6.03 Å². The minimum atomic E-state index is -0.818. The summed E-state index contributed by atoms with van der Waals surface area (Å²) < 4.78 is 11.4. The molecule has 0 unspecified atom stereocenters. The highest BCUT2D eigenvalue weighted by atomic mass is 16.5. The van der Waals surface area contributed by atoms with Crippen LogP contribution in [0.5, 0.6) is 11.5 Å². The molecule has 1 fully saturated rings. The molecule has 9 nitrogen and oxygen atoms in total. The van der Waals surface area contributed by atoms with E-state index in [0.717, 1.165) is 16.0 Å². The summed E-state index contributed by atoms with van der Waals surface area (Å²) in [6.07, 6.45) is 1.37. The van der Waals surface area contributed by atoms with E-state index >= 15 is 0 Å². The van der Waals surface area contributed by atoms with Crippen molar-refractivity contribution in [3.05, 3.63) is 89.0 Å². The van der Waals surface area contributed by atoms with Crippen molar-refractivity contribution >= 4 is 41.2 Å². The zero-order valence-electron chi connectivity index (χ0n) is 21.2. The van der Waals surface area contributed by atoms with Crippen LogP contribution in [0.15, 0.2) is 72.3 Å². The van der Waals surface area contributed by atoms with Crippen LogP contribution in [0.4, 0.5) is 16.2 Å². The smallest absolute Gasteiger partial charge is 0.335 e. The third kappa shape index (κ3) is 5.89. The molecule has 0 spiro atoms. The molecular weight excluding hydrogens is 486 g/mol. The summed E-state index contributed by atoms with van der Waals surface area (Å²) >= 11 is 0. The Bertz CT molecular complexity index is 1430. The number of carbonyl (C=O) groups is 4. The molecule has 0 radical (unpaired) electrons. The standard InChI is InChI=1S/C29H27N3O6/c1-4-37-25-16-20(12-13-24(25)38-17-26(33)30-23-14-18(2)10-11-19(23)3)15-22-27(34)31-29(36)32(28(22)35)21-8-6-5-7-9-21/h5-16H,4,17H2,1-3H3,(H,30,33)(H,31,34,36)/b22-15-. The Balaban J connectivity index is 1.53. The number of urea groups is 1. The van der Waals surface area contributed by atoms with Gasteiger partial charge in [-0.2, -0.15) is 0 Å². The van der Waals surface area contributed by atoms with Crippen LogP contribution in [0, 0.1) is 13.8 Å². The second kappa shape index (κ2) is 11.4. The number of hydrogen-bond acceptors (Lipinski definition) is 6. The lowest BCUT2D eigenvalue weighted by molar-refractivity contribution is -0.122. The van der Waals surface area contributed by atoms with Crippen molar-refractivity contribution in [3.8, 4) is 11.5 Å². The minimum absolute atomic E-state index is 0.211. The molecule has 4 rings (SSSR count). The summed E-state index contributed by atoms with van der Waals surface area (Å²) in [6, 6.07) is 18.1. The summed E-state index contributed by atoms with van der Waals surface area (Å²) in [4.78, 5) is 51.3. The van der Waals surface area contributed by atoms with Crippen molar-refractivity contribution in [3.63, 3.8) is 0 Å². The van der Waals surface area contributed by atoms with Crippen LogP contribution in [0.25, 0.3) is 6.08 Å². The van der Waals surface area contributed by atoms with Gasteiger partial charge in [-0.05, 0) is 73.9 Å². The van der Waals surface area contributed by atoms with Gasteiger partial charge in [0.05, 0.1) is 12.3 Å². The summed E-state index contributed by atoms with van der Waals surface area (Å²) in [5.74, 6) is -1.21. The normalized spacial score (nSPS) is 14.3. The Morgan fingerprint density at radius 1 is 0.947 bits per heavy atom. The lowest BCUT2D eigenvalue weighted by Gasteiger charge is -2.26. The Labute approximate surface area is 220 Å². The van der Waals surface area contributed by atoms with Crippen LogP contribution >= 0.6 is 0 Å². The zero-order chi connectivity index (χ0) is 27.2. The molecule has 0 saturated carbocycles. The lowest BCUT2D eigenvalue weighted by Crippen LogP contribution is -2.54. The summed E-state index contributed by atoms with van der Waals surface area (Å²) in [6.45, 7) is 5.72. The van der Waals surface area contributed by atoms with Gasteiger partial charge in [-0.15, -0.1) is 0 Å². The average molecular weight is 514 g/mol. The fraction of sp³-hybridized carbons (Fsp3) is 0.172. The zero-order valence-corrected chi connectivity index (χ0v) is 21.2. The number of benzene rings is 3. The van der Waals surface area contributed by atoms with Crippen molar-refractivity contribution in [1.82, 2.24) is 5.32 Å². The number of rotatable bonds is 8. The van der Waals surface area contributed by atoms with Crippen LogP contribution < -0.4 is 25.0 Å². The molecule has 38 heavy (non-hydrogen) atoms. The van der Waals surface area contributed by atoms with E-state index in [2.05, 4.69) is 10.6 Å². The van der Waals surface area contributed by atoms with E-state index in [4.69, 9.17) is 9.47 Å². The fourth-order valence-corrected chi connectivity index (χ4v) is 3.84. The van der Waals surface area contributed by atoms with E-state index in [9.17, 15) is 19.2 Å². The van der Waals surface area contributed by atoms with Gasteiger partial charge in [0.15, 0.2) is 18.1 Å². The van der Waals surface area contributed by atoms with Gasteiger partial charge in [0, 0.05) is 5.69 Å². The molecule has 2 N–H and O–H groups in total. The first-order chi connectivity index (χ1) is 18.3. The second-order valence-corrected chi connectivity index (χ2v) is 8.59. The molecule has 1 aliphatic rings. The van der Waals surface area contributed by atoms with E-state index in [1.54, 1.807) is 55.5 Å². The van der Waals surface area contributed by atoms with E-state index < -0.39 is 17.8 Å². The van der Waals surface area contributed by atoms with Gasteiger partial charge in [-0.1, -0.05) is 36.4 Å². The molecule has 0 bridgehead atoms. The molecule has 1 aliphatic heterocycles. The van der Waals surface area contributed by atoms with E-state index in [1.165, 1.54) is 6.08 Å². The van der Waals surface area contributed by atoms with E-state index in [-0.39, 0.29) is 18.1 Å². The maximum atomic E-state index is 13.1. The molecule has 0 aliphatic carbocycles. The van der Waals surface area contributed by atoms with Gasteiger partial charge in [0.25, 0.3) is 17.7 Å². The quantitative estimate of drug-likeness (QED) is 0.341. The number of imide groups is 2. The molecule has 1 saturated heterocycles. The van der Waals surface area contributed by atoms with Crippen LogP contribution in [-0.4, -0.2) is 37.0 Å². The fourth-order valence-electron chi connectivity index (χ4n) is 3.84. The molecular formula is C29H27N3O6. The second-order valence-electron chi connectivity index (χ2n) is 8.59. The molecule has 1 heterocycles. The highest BCUT2D eigenvalue weighted by Crippen LogP contribution is 2.30. The number of barbiturate groups is 1. The van der Waals surface area contributed by atoms with Gasteiger partial charge in [0.1, 0.15) is 5.57 Å². The maximum Gasteiger partial charge on any atom is 0.335 e. The first-order valence-electron chi connectivity index (χ1n) is 12.0. The Kier molecular flexibility index (Phi) is 7.86. The van der Waals surface area contributed by atoms with Crippen LogP contribution in [-0.2, 0) is 14.4 Å². The number of nitrogens with one attached hydrogen (secondary N) is 2. The largest absolute Gasteiger partial charge is 0.490 e. The highest BCUT2D eigenvalue weighted by molar-refractivity contribution is 6.39. The third-order valence-electron chi connectivity index (χ3n) is 5.72. The first kappa shape index (κ1) is 26.2. The molecule has 3 aromatic rings. The third-order valence-corrected chi connectivity index (χ3v) is 5.72. The van der Waals surface area contributed by atoms with E-state index in [0.29, 0.717) is 35.0 Å². The minimum Gasteiger partial charge on any atom is -0.490 e. The van der Waals surface area contributed by atoms with Gasteiger partial charge in [0.2, 0.25) is 0 Å². The number of nitrogens with zero attached hydrogens (tertiary/aromatic N) is 1. The number of anilines is 2. The predicted octanol–water partition coefficient (Wildman–Crippen LogP) is 4.39. The molecule has 9 heteroatoms. The van der Waals surface area contributed by atoms with Crippen molar-refractivity contribution in [2.75, 3.05) is 23.4 Å². The lowest BCUT2D eigenvalue weighted by atomic mass is 10.1. The summed E-state index contributed by atoms with van der Waals surface area (Å²) in [7, 11) is 0. The van der Waals surface area contributed by atoms with Crippen LogP contribution in [0.1, 0.15) is 23.6 Å². The molecule has 0 atom stereocenters. The monoisotopic (exact) mass is 513 g/mol. The van der Waals surface area contributed by atoms with Crippen molar-refractivity contribution < 1.29 is 28.7 Å². The summed E-state index contributed by atoms with van der Waals surface area (Å²) in [5, 5.41) is 5.04. The van der Waals surface area contributed by atoms with Crippen molar-refractivity contribution in [2.24, 2.45) is 0 Å². The number of ether oxygens (including phenoxy) is 2. The summed E-state index contributed by atoms with van der Waals surface area (Å²) in [5.41, 5.74) is 3.27. The van der Waals surface area contributed by atoms with Gasteiger partial charge in [-0.25, -0.2) is 9.69 Å². The van der Waals surface area contributed by atoms with Crippen molar-refractivity contribution in [1.29, 1.82) is 0 Å². The first-order valence-corrected chi connectivity index (χ1v) is 12.0. The van der Waals surface area contributed by atoms with Crippen LogP contribution in [0.2, 0.25) is 0 Å². The van der Waals surface area contributed by atoms with Gasteiger partial charge < -0.3 is 14.8 Å². The number of hydrogen-bond donors (Lipinski definition) is 2. The number of para-hydroxylation sites is 1. The van der Waals surface area contributed by atoms with Crippen LogP contribution in [0.3, 0.4) is 0 Å². The molecule has 5 amide bonds. The topological polar surface area (TPSA) is 114 Å².